The molecule has 0 bridgehead atoms. The summed E-state index contributed by atoms with van der Waals surface area (Å²) < 4.78 is 2.19. The fourth-order valence-corrected chi connectivity index (χ4v) is 2.97. The Balaban J connectivity index is 2.10. The maximum absolute atomic E-state index is 5.67. The Morgan fingerprint density at radius 2 is 2.11 bits per heavy atom. The van der Waals surface area contributed by atoms with Gasteiger partial charge < -0.3 is 10.3 Å². The summed E-state index contributed by atoms with van der Waals surface area (Å²) >= 11 is 6.76. The number of thiocarbonyl (C=S) groups is 1. The van der Waals surface area contributed by atoms with E-state index in [1.807, 2.05) is 18.2 Å². The van der Waals surface area contributed by atoms with E-state index in [1.165, 1.54) is 4.88 Å². The molecule has 0 saturated heterocycles. The van der Waals surface area contributed by atoms with Crippen molar-refractivity contribution in [1.82, 2.24) is 9.55 Å². The normalized spacial score (nSPS) is 10.9. The quantitative estimate of drug-likeness (QED) is 0.750. The molecule has 3 rings (SSSR count). The number of thiophene rings is 1. The van der Waals surface area contributed by atoms with Gasteiger partial charge in [0.05, 0.1) is 29.0 Å². The molecule has 0 aliphatic rings. The van der Waals surface area contributed by atoms with Gasteiger partial charge in [-0.25, -0.2) is 4.98 Å². The van der Waals surface area contributed by atoms with E-state index in [9.17, 15) is 0 Å². The number of para-hydroxylation sites is 2. The molecule has 0 fully saturated rings. The number of hydrogen-bond donors (Lipinski definition) is 1. The smallest absolute Gasteiger partial charge is 0.117 e. The number of benzene rings is 1. The fourth-order valence-electron chi connectivity index (χ4n) is 2.15. The molecule has 0 atom stereocenters. The van der Waals surface area contributed by atoms with Gasteiger partial charge in [-0.1, -0.05) is 30.4 Å². The molecule has 1 aromatic carbocycles. The van der Waals surface area contributed by atoms with Crippen molar-refractivity contribution >= 4 is 39.6 Å². The van der Waals surface area contributed by atoms with Crippen molar-refractivity contribution in [2.75, 3.05) is 0 Å². The molecule has 19 heavy (non-hydrogen) atoms. The summed E-state index contributed by atoms with van der Waals surface area (Å²) in [5.41, 5.74) is 7.79. The predicted molar refractivity (Wildman–Crippen MR) is 83.6 cm³/mol. The molecule has 0 unspecified atom stereocenters. The Hall–Kier alpha value is -1.72. The van der Waals surface area contributed by atoms with Gasteiger partial charge in [-0.05, 0) is 23.6 Å². The van der Waals surface area contributed by atoms with Crippen molar-refractivity contribution in [3.63, 3.8) is 0 Å². The second kappa shape index (κ2) is 5.11. The minimum Gasteiger partial charge on any atom is -0.393 e. The minimum atomic E-state index is 0.475. The predicted octanol–water partition coefficient (Wildman–Crippen LogP) is 2.97. The lowest BCUT2D eigenvalue weighted by molar-refractivity contribution is 0.784. The molecular weight excluding hydrogens is 274 g/mol. The molecule has 0 aliphatic heterocycles. The Morgan fingerprint density at radius 1 is 1.26 bits per heavy atom. The summed E-state index contributed by atoms with van der Waals surface area (Å²) in [4.78, 5) is 6.41. The van der Waals surface area contributed by atoms with Crippen LogP contribution in [0.4, 0.5) is 0 Å². The first kappa shape index (κ1) is 12.3. The van der Waals surface area contributed by atoms with Crippen LogP contribution in [0.5, 0.6) is 0 Å². The minimum absolute atomic E-state index is 0.475. The topological polar surface area (TPSA) is 43.8 Å². The van der Waals surface area contributed by atoms with E-state index < -0.39 is 0 Å². The van der Waals surface area contributed by atoms with Crippen molar-refractivity contribution in [3.8, 4) is 0 Å². The second-order valence-electron chi connectivity index (χ2n) is 4.33. The second-order valence-corrected chi connectivity index (χ2v) is 5.88. The van der Waals surface area contributed by atoms with E-state index in [2.05, 4.69) is 33.1 Å². The highest BCUT2D eigenvalue weighted by Crippen LogP contribution is 2.20. The van der Waals surface area contributed by atoms with E-state index >= 15 is 0 Å². The van der Waals surface area contributed by atoms with Crippen LogP contribution in [-0.4, -0.2) is 14.5 Å². The largest absolute Gasteiger partial charge is 0.393 e. The third-order valence-corrected chi connectivity index (χ3v) is 3.97. The zero-order valence-corrected chi connectivity index (χ0v) is 11.9. The Kier molecular flexibility index (Phi) is 3.31. The zero-order chi connectivity index (χ0) is 13.2. The van der Waals surface area contributed by atoms with E-state index in [-0.39, 0.29) is 0 Å². The zero-order valence-electron chi connectivity index (χ0n) is 10.2. The molecule has 0 spiro atoms. The first-order chi connectivity index (χ1) is 9.24. The van der Waals surface area contributed by atoms with E-state index in [4.69, 9.17) is 18.0 Å². The monoisotopic (exact) mass is 287 g/mol. The van der Waals surface area contributed by atoms with Crippen LogP contribution >= 0.6 is 23.6 Å². The first-order valence-electron chi connectivity index (χ1n) is 5.99. The molecule has 3 nitrogen and oxygen atoms in total. The van der Waals surface area contributed by atoms with E-state index in [0.717, 1.165) is 23.4 Å². The molecule has 5 heteroatoms. The molecule has 0 saturated carbocycles. The average Bonchev–Trinajstić information content (AvgIpc) is 2.99. The van der Waals surface area contributed by atoms with Gasteiger partial charge >= 0.3 is 0 Å². The van der Waals surface area contributed by atoms with Gasteiger partial charge in [-0.2, -0.15) is 0 Å². The summed E-state index contributed by atoms with van der Waals surface area (Å²) in [7, 11) is 0. The molecule has 0 aliphatic carbocycles. The lowest BCUT2D eigenvalue weighted by atomic mass is 10.3. The third kappa shape index (κ3) is 2.52. The van der Waals surface area contributed by atoms with Gasteiger partial charge in [0, 0.05) is 4.88 Å². The maximum atomic E-state index is 5.67. The number of rotatable bonds is 4. The van der Waals surface area contributed by atoms with Crippen LogP contribution in [0.2, 0.25) is 0 Å². The van der Waals surface area contributed by atoms with Crippen LogP contribution in [-0.2, 0) is 13.0 Å². The highest BCUT2D eigenvalue weighted by Gasteiger charge is 2.11. The van der Waals surface area contributed by atoms with Crippen LogP contribution in [0.15, 0.2) is 41.8 Å². The molecule has 0 radical (unpaired) electrons. The SMILES string of the molecule is NC(=S)Cc1nc2ccccc2n1Cc1cccs1. The highest BCUT2D eigenvalue weighted by atomic mass is 32.1. The van der Waals surface area contributed by atoms with E-state index in [0.29, 0.717) is 11.4 Å². The molecule has 2 N–H and O–H groups in total. The summed E-state index contributed by atoms with van der Waals surface area (Å²) in [6, 6.07) is 12.3. The summed E-state index contributed by atoms with van der Waals surface area (Å²) in [5.74, 6) is 0.932. The fraction of sp³-hybridized carbons (Fsp3) is 0.143. The third-order valence-electron chi connectivity index (χ3n) is 2.96. The van der Waals surface area contributed by atoms with Gasteiger partial charge in [0.15, 0.2) is 0 Å². The first-order valence-corrected chi connectivity index (χ1v) is 7.27. The van der Waals surface area contributed by atoms with Crippen LogP contribution in [0.25, 0.3) is 11.0 Å². The van der Waals surface area contributed by atoms with Crippen LogP contribution < -0.4 is 5.73 Å². The van der Waals surface area contributed by atoms with Gasteiger partial charge in [-0.3, -0.25) is 0 Å². The Labute approximate surface area is 120 Å². The van der Waals surface area contributed by atoms with Gasteiger partial charge in [0.1, 0.15) is 5.82 Å². The summed E-state index contributed by atoms with van der Waals surface area (Å²) in [5, 5.41) is 2.09. The van der Waals surface area contributed by atoms with Crippen molar-refractivity contribution in [2.24, 2.45) is 5.73 Å². The molecular formula is C14H13N3S2. The Bertz CT molecular complexity index is 713. The van der Waals surface area contributed by atoms with Crippen molar-refractivity contribution in [3.05, 3.63) is 52.5 Å². The van der Waals surface area contributed by atoms with Crippen LogP contribution in [0.3, 0.4) is 0 Å². The van der Waals surface area contributed by atoms with Gasteiger partial charge in [0.2, 0.25) is 0 Å². The summed E-state index contributed by atoms with van der Waals surface area (Å²) in [6.45, 7) is 0.816. The van der Waals surface area contributed by atoms with Crippen molar-refractivity contribution in [1.29, 1.82) is 0 Å². The lowest BCUT2D eigenvalue weighted by Crippen LogP contribution is -2.15. The van der Waals surface area contributed by atoms with Crippen molar-refractivity contribution in [2.45, 2.75) is 13.0 Å². The molecule has 2 heterocycles. The van der Waals surface area contributed by atoms with Crippen LogP contribution in [0.1, 0.15) is 10.7 Å². The maximum Gasteiger partial charge on any atom is 0.117 e. The van der Waals surface area contributed by atoms with E-state index in [1.54, 1.807) is 11.3 Å². The van der Waals surface area contributed by atoms with Crippen LogP contribution in [0, 0.1) is 0 Å². The highest BCUT2D eigenvalue weighted by molar-refractivity contribution is 7.80. The number of aromatic nitrogens is 2. The lowest BCUT2D eigenvalue weighted by Gasteiger charge is -2.07. The number of fused-ring (bicyclic) bond motifs is 1. The molecule has 96 valence electrons. The number of hydrogen-bond acceptors (Lipinski definition) is 3. The average molecular weight is 287 g/mol. The number of imidazole rings is 1. The number of nitrogens with two attached hydrogens (primary N) is 1. The van der Waals surface area contributed by atoms with Gasteiger partial charge in [0.25, 0.3) is 0 Å². The summed E-state index contributed by atoms with van der Waals surface area (Å²) in [6.07, 6.45) is 0.537. The van der Waals surface area contributed by atoms with Gasteiger partial charge in [-0.15, -0.1) is 11.3 Å². The Morgan fingerprint density at radius 3 is 2.84 bits per heavy atom. The number of nitrogens with zero attached hydrogens (tertiary/aromatic N) is 2. The molecule has 2 aromatic heterocycles. The van der Waals surface area contributed by atoms with Crippen molar-refractivity contribution < 1.29 is 0 Å². The standard InChI is InChI=1S/C14H13N3S2/c15-13(18)8-14-16-11-5-1-2-6-12(11)17(14)9-10-4-3-7-19-10/h1-7H,8-9H2,(H2,15,18). The molecule has 0 amide bonds. The molecule has 3 aromatic rings.